The van der Waals surface area contributed by atoms with E-state index < -0.39 is 0 Å². The van der Waals surface area contributed by atoms with Gasteiger partial charge in [0, 0.05) is 30.1 Å². The summed E-state index contributed by atoms with van der Waals surface area (Å²) in [5, 5.41) is 5.58. The summed E-state index contributed by atoms with van der Waals surface area (Å²) >= 11 is 0. The molecule has 0 atom stereocenters. The van der Waals surface area contributed by atoms with Crippen LogP contribution in [0.25, 0.3) is 0 Å². The van der Waals surface area contributed by atoms with Crippen LogP contribution in [-0.2, 0) is 17.9 Å². The molecule has 0 bridgehead atoms. The Morgan fingerprint density at radius 1 is 0.958 bits per heavy atom. The summed E-state index contributed by atoms with van der Waals surface area (Å²) in [5.41, 5.74) is 1.89. The first-order chi connectivity index (χ1) is 11.6. The van der Waals surface area contributed by atoms with Crippen LogP contribution in [0.3, 0.4) is 0 Å². The van der Waals surface area contributed by atoms with Gasteiger partial charge < -0.3 is 10.6 Å². The highest BCUT2D eigenvalue weighted by Crippen LogP contribution is 2.28. The lowest BCUT2D eigenvalue weighted by Gasteiger charge is -2.08. The van der Waals surface area contributed by atoms with Crippen LogP contribution in [0.2, 0.25) is 0 Å². The maximum atomic E-state index is 13.5. The molecule has 4 nitrogen and oxygen atoms in total. The first kappa shape index (κ1) is 16.2. The Kier molecular flexibility index (Phi) is 4.89. The normalized spacial score (nSPS) is 13.4. The van der Waals surface area contributed by atoms with Crippen LogP contribution in [0, 0.1) is 11.7 Å². The lowest BCUT2D eigenvalue weighted by molar-refractivity contribution is -0.122. The molecule has 2 aromatic rings. The Balaban J connectivity index is 1.51. The van der Waals surface area contributed by atoms with Crippen LogP contribution < -0.4 is 10.6 Å². The fourth-order valence-electron chi connectivity index (χ4n) is 2.37. The molecule has 0 aliphatic heterocycles. The van der Waals surface area contributed by atoms with Crippen molar-refractivity contribution < 1.29 is 14.0 Å². The van der Waals surface area contributed by atoms with Gasteiger partial charge in [-0.3, -0.25) is 9.59 Å². The third-order valence-corrected chi connectivity index (χ3v) is 4.03. The number of hydrogen-bond acceptors (Lipinski definition) is 2. The number of rotatable bonds is 6. The number of nitrogens with one attached hydrogen (secondary N) is 2. The highest BCUT2D eigenvalue weighted by atomic mass is 19.1. The molecular formula is C19H19FN2O2. The Morgan fingerprint density at radius 2 is 1.67 bits per heavy atom. The maximum absolute atomic E-state index is 13.5. The minimum atomic E-state index is -0.334. The topological polar surface area (TPSA) is 58.2 Å². The molecule has 0 heterocycles. The van der Waals surface area contributed by atoms with Crippen molar-refractivity contribution in [3.05, 3.63) is 71.0 Å². The van der Waals surface area contributed by atoms with E-state index in [1.807, 2.05) is 12.1 Å². The number of carbonyl (C=O) groups is 2. The summed E-state index contributed by atoms with van der Waals surface area (Å²) in [6, 6.07) is 13.4. The molecule has 124 valence electrons. The lowest BCUT2D eigenvalue weighted by Crippen LogP contribution is -2.24. The second-order valence-corrected chi connectivity index (χ2v) is 5.96. The quantitative estimate of drug-likeness (QED) is 0.857. The minimum absolute atomic E-state index is 0.0988. The number of halogens is 1. The van der Waals surface area contributed by atoms with Crippen molar-refractivity contribution in [3.8, 4) is 0 Å². The van der Waals surface area contributed by atoms with Gasteiger partial charge in [-0.05, 0) is 36.6 Å². The van der Waals surface area contributed by atoms with E-state index >= 15 is 0 Å². The molecule has 5 heteroatoms. The highest BCUT2D eigenvalue weighted by Gasteiger charge is 2.29. The van der Waals surface area contributed by atoms with Crippen molar-refractivity contribution in [1.82, 2.24) is 10.6 Å². The molecule has 3 rings (SSSR count). The molecule has 0 spiro atoms. The van der Waals surface area contributed by atoms with E-state index in [1.165, 1.54) is 6.07 Å². The average Bonchev–Trinajstić information content (AvgIpc) is 3.44. The van der Waals surface area contributed by atoms with E-state index in [2.05, 4.69) is 10.6 Å². The van der Waals surface area contributed by atoms with Gasteiger partial charge in [-0.1, -0.05) is 30.3 Å². The minimum Gasteiger partial charge on any atom is -0.352 e. The Hall–Kier alpha value is -2.69. The predicted molar refractivity (Wildman–Crippen MR) is 88.6 cm³/mol. The van der Waals surface area contributed by atoms with Gasteiger partial charge in [0.1, 0.15) is 5.82 Å². The van der Waals surface area contributed by atoms with Crippen molar-refractivity contribution in [3.63, 3.8) is 0 Å². The standard InChI is InChI=1S/C19H19FN2O2/c20-17-4-2-1-3-16(17)12-22-19(24)14-7-5-13(6-8-14)11-21-18(23)15-9-10-15/h1-8,15H,9-12H2,(H,21,23)(H,22,24). The van der Waals surface area contributed by atoms with Gasteiger partial charge in [0.15, 0.2) is 0 Å². The lowest BCUT2D eigenvalue weighted by atomic mass is 10.1. The molecule has 0 radical (unpaired) electrons. The third kappa shape index (κ3) is 4.19. The number of benzene rings is 2. The maximum Gasteiger partial charge on any atom is 0.251 e. The molecular weight excluding hydrogens is 307 g/mol. The molecule has 2 N–H and O–H groups in total. The van der Waals surface area contributed by atoms with Gasteiger partial charge in [0.25, 0.3) is 5.91 Å². The summed E-state index contributed by atoms with van der Waals surface area (Å²) < 4.78 is 13.5. The third-order valence-electron chi connectivity index (χ3n) is 4.03. The fourth-order valence-corrected chi connectivity index (χ4v) is 2.37. The van der Waals surface area contributed by atoms with Crippen LogP contribution in [0.1, 0.15) is 34.3 Å². The van der Waals surface area contributed by atoms with Crippen LogP contribution in [0.15, 0.2) is 48.5 Å². The fraction of sp³-hybridized carbons (Fsp3) is 0.263. The monoisotopic (exact) mass is 326 g/mol. The van der Waals surface area contributed by atoms with Crippen molar-refractivity contribution in [2.45, 2.75) is 25.9 Å². The zero-order valence-electron chi connectivity index (χ0n) is 13.2. The molecule has 1 saturated carbocycles. The summed E-state index contributed by atoms with van der Waals surface area (Å²) in [4.78, 5) is 23.7. The molecule has 0 aromatic heterocycles. The summed E-state index contributed by atoms with van der Waals surface area (Å²) in [6.07, 6.45) is 1.96. The van der Waals surface area contributed by atoms with Crippen molar-refractivity contribution in [2.75, 3.05) is 0 Å². The Bertz CT molecular complexity index is 739. The van der Waals surface area contributed by atoms with Gasteiger partial charge in [-0.15, -0.1) is 0 Å². The second kappa shape index (κ2) is 7.25. The molecule has 1 aliphatic rings. The van der Waals surface area contributed by atoms with Gasteiger partial charge in [-0.25, -0.2) is 4.39 Å². The van der Waals surface area contributed by atoms with E-state index in [-0.39, 0.29) is 30.1 Å². The molecule has 0 saturated heterocycles. The van der Waals surface area contributed by atoms with Crippen molar-refractivity contribution >= 4 is 11.8 Å². The number of carbonyl (C=O) groups excluding carboxylic acids is 2. The van der Waals surface area contributed by atoms with Gasteiger partial charge >= 0.3 is 0 Å². The molecule has 0 unspecified atom stereocenters. The molecule has 2 aromatic carbocycles. The first-order valence-corrected chi connectivity index (χ1v) is 8.02. The zero-order chi connectivity index (χ0) is 16.9. The highest BCUT2D eigenvalue weighted by molar-refractivity contribution is 5.94. The van der Waals surface area contributed by atoms with Gasteiger partial charge in [-0.2, -0.15) is 0 Å². The first-order valence-electron chi connectivity index (χ1n) is 8.02. The summed E-state index contributed by atoms with van der Waals surface area (Å²) in [5.74, 6) is -0.304. The van der Waals surface area contributed by atoms with Crippen LogP contribution in [0.5, 0.6) is 0 Å². The van der Waals surface area contributed by atoms with Gasteiger partial charge in [0.2, 0.25) is 5.91 Å². The molecule has 1 fully saturated rings. The van der Waals surface area contributed by atoms with E-state index in [4.69, 9.17) is 0 Å². The molecule has 1 aliphatic carbocycles. The van der Waals surface area contributed by atoms with E-state index in [0.29, 0.717) is 17.7 Å². The summed E-state index contributed by atoms with van der Waals surface area (Å²) in [7, 11) is 0. The van der Waals surface area contributed by atoms with Gasteiger partial charge in [0.05, 0.1) is 0 Å². The SMILES string of the molecule is O=C(NCc1ccccc1F)c1ccc(CNC(=O)C2CC2)cc1. The molecule has 24 heavy (non-hydrogen) atoms. The van der Waals surface area contributed by atoms with Crippen molar-refractivity contribution in [2.24, 2.45) is 5.92 Å². The Morgan fingerprint density at radius 3 is 2.33 bits per heavy atom. The predicted octanol–water partition coefficient (Wildman–Crippen LogP) is 2.78. The van der Waals surface area contributed by atoms with E-state index in [1.54, 1.807) is 30.3 Å². The van der Waals surface area contributed by atoms with E-state index in [0.717, 1.165) is 18.4 Å². The van der Waals surface area contributed by atoms with Crippen LogP contribution in [0.4, 0.5) is 4.39 Å². The van der Waals surface area contributed by atoms with Crippen LogP contribution >= 0.6 is 0 Å². The zero-order valence-corrected chi connectivity index (χ0v) is 13.2. The smallest absolute Gasteiger partial charge is 0.251 e. The number of hydrogen-bond donors (Lipinski definition) is 2. The van der Waals surface area contributed by atoms with E-state index in [9.17, 15) is 14.0 Å². The average molecular weight is 326 g/mol. The molecule has 2 amide bonds. The number of amides is 2. The largest absolute Gasteiger partial charge is 0.352 e. The summed E-state index contributed by atoms with van der Waals surface area (Å²) in [6.45, 7) is 0.608. The Labute approximate surface area is 140 Å². The van der Waals surface area contributed by atoms with Crippen LogP contribution in [-0.4, -0.2) is 11.8 Å². The second-order valence-electron chi connectivity index (χ2n) is 5.96. The van der Waals surface area contributed by atoms with Crippen molar-refractivity contribution in [1.29, 1.82) is 0 Å².